The second-order valence-electron chi connectivity index (χ2n) is 4.93. The Hall–Kier alpha value is -2.60. The Morgan fingerprint density at radius 2 is 1.87 bits per heavy atom. The molecule has 0 aliphatic carbocycles. The number of hydrogen-bond donors (Lipinski definition) is 3. The van der Waals surface area contributed by atoms with E-state index in [1.165, 1.54) is 12.1 Å². The van der Waals surface area contributed by atoms with Crippen molar-refractivity contribution in [2.45, 2.75) is 19.7 Å². The van der Waals surface area contributed by atoms with Gasteiger partial charge < -0.3 is 20.5 Å². The van der Waals surface area contributed by atoms with Gasteiger partial charge >= 0.3 is 6.03 Å². The van der Waals surface area contributed by atoms with E-state index in [2.05, 4.69) is 10.6 Å². The van der Waals surface area contributed by atoms with Gasteiger partial charge in [0, 0.05) is 24.2 Å². The SMILES string of the molecule is COc1ccccc1CNC(=O)NCc1ccc(CO)c(F)c1. The minimum atomic E-state index is -0.485. The van der Waals surface area contributed by atoms with Crippen LogP contribution in [0.1, 0.15) is 16.7 Å². The second kappa shape index (κ2) is 8.14. The lowest BCUT2D eigenvalue weighted by atomic mass is 10.1. The van der Waals surface area contributed by atoms with Gasteiger partial charge in [0.15, 0.2) is 0 Å². The van der Waals surface area contributed by atoms with Crippen molar-refractivity contribution in [3.05, 3.63) is 65.0 Å². The van der Waals surface area contributed by atoms with E-state index >= 15 is 0 Å². The molecule has 2 amide bonds. The number of rotatable bonds is 6. The summed E-state index contributed by atoms with van der Waals surface area (Å²) in [5.41, 5.74) is 1.71. The lowest BCUT2D eigenvalue weighted by molar-refractivity contribution is 0.240. The molecule has 0 aliphatic rings. The number of aliphatic hydroxyl groups excluding tert-OH is 1. The van der Waals surface area contributed by atoms with E-state index in [0.717, 1.165) is 5.56 Å². The maximum atomic E-state index is 13.5. The number of benzene rings is 2. The number of methoxy groups -OCH3 is 1. The Labute approximate surface area is 134 Å². The van der Waals surface area contributed by atoms with Gasteiger partial charge in [-0.25, -0.2) is 9.18 Å². The predicted octanol–water partition coefficient (Wildman–Crippen LogP) is 2.33. The minimum Gasteiger partial charge on any atom is -0.496 e. The van der Waals surface area contributed by atoms with Gasteiger partial charge in [-0.3, -0.25) is 0 Å². The number of para-hydroxylation sites is 1. The van der Waals surface area contributed by atoms with Crippen molar-refractivity contribution in [2.75, 3.05) is 7.11 Å². The van der Waals surface area contributed by atoms with Crippen LogP contribution >= 0.6 is 0 Å². The first kappa shape index (κ1) is 16.8. The molecule has 0 aromatic heterocycles. The standard InChI is InChI=1S/C17H19FN2O3/c1-23-16-5-3-2-4-13(16)10-20-17(22)19-9-12-6-7-14(11-21)15(18)8-12/h2-8,21H,9-11H2,1H3,(H2,19,20,22). The Morgan fingerprint density at radius 3 is 2.57 bits per heavy atom. The zero-order valence-electron chi connectivity index (χ0n) is 12.8. The van der Waals surface area contributed by atoms with Crippen molar-refractivity contribution in [2.24, 2.45) is 0 Å². The molecule has 0 radical (unpaired) electrons. The normalized spacial score (nSPS) is 10.2. The molecule has 0 spiro atoms. The van der Waals surface area contributed by atoms with E-state index in [1.807, 2.05) is 24.3 Å². The van der Waals surface area contributed by atoms with E-state index < -0.39 is 5.82 Å². The number of carbonyl (C=O) groups excluding carboxylic acids is 1. The number of aliphatic hydroxyl groups is 1. The van der Waals surface area contributed by atoms with Crippen LogP contribution < -0.4 is 15.4 Å². The van der Waals surface area contributed by atoms with Crippen molar-refractivity contribution in [3.8, 4) is 5.75 Å². The van der Waals surface area contributed by atoms with Crippen LogP contribution in [-0.2, 0) is 19.7 Å². The average Bonchev–Trinajstić information content (AvgIpc) is 2.58. The molecule has 0 heterocycles. The molecule has 0 saturated carbocycles. The zero-order valence-corrected chi connectivity index (χ0v) is 12.8. The Kier molecular flexibility index (Phi) is 5.94. The number of ether oxygens (including phenoxy) is 1. The van der Waals surface area contributed by atoms with Crippen molar-refractivity contribution < 1.29 is 19.0 Å². The van der Waals surface area contributed by atoms with Crippen LogP contribution in [0.25, 0.3) is 0 Å². The summed E-state index contributed by atoms with van der Waals surface area (Å²) in [6.07, 6.45) is 0. The van der Waals surface area contributed by atoms with Crippen LogP contribution in [0.15, 0.2) is 42.5 Å². The molecular weight excluding hydrogens is 299 g/mol. The summed E-state index contributed by atoms with van der Waals surface area (Å²) >= 11 is 0. The fourth-order valence-electron chi connectivity index (χ4n) is 2.10. The number of nitrogens with one attached hydrogen (secondary N) is 2. The molecule has 2 aromatic carbocycles. The lowest BCUT2D eigenvalue weighted by Crippen LogP contribution is -2.34. The number of urea groups is 1. The first-order valence-electron chi connectivity index (χ1n) is 7.15. The molecule has 0 saturated heterocycles. The highest BCUT2D eigenvalue weighted by Crippen LogP contribution is 2.16. The minimum absolute atomic E-state index is 0.195. The first-order valence-corrected chi connectivity index (χ1v) is 7.15. The predicted molar refractivity (Wildman–Crippen MR) is 84.4 cm³/mol. The van der Waals surface area contributed by atoms with Gasteiger partial charge in [0.2, 0.25) is 0 Å². The van der Waals surface area contributed by atoms with Crippen LogP contribution in [0.3, 0.4) is 0 Å². The highest BCUT2D eigenvalue weighted by molar-refractivity contribution is 5.73. The Bertz CT molecular complexity index is 677. The van der Waals surface area contributed by atoms with Gasteiger partial charge in [-0.05, 0) is 17.7 Å². The molecule has 122 valence electrons. The summed E-state index contributed by atoms with van der Waals surface area (Å²) in [7, 11) is 1.57. The molecule has 0 atom stereocenters. The highest BCUT2D eigenvalue weighted by Gasteiger charge is 2.06. The van der Waals surface area contributed by atoms with Crippen molar-refractivity contribution in [3.63, 3.8) is 0 Å². The van der Waals surface area contributed by atoms with Crippen molar-refractivity contribution in [1.82, 2.24) is 10.6 Å². The summed E-state index contributed by atoms with van der Waals surface area (Å²) < 4.78 is 18.7. The quantitative estimate of drug-likeness (QED) is 0.765. The molecule has 2 aromatic rings. The fraction of sp³-hybridized carbons (Fsp3) is 0.235. The lowest BCUT2D eigenvalue weighted by Gasteiger charge is -2.11. The van der Waals surface area contributed by atoms with Crippen molar-refractivity contribution in [1.29, 1.82) is 0 Å². The number of carbonyl (C=O) groups is 1. The maximum Gasteiger partial charge on any atom is 0.315 e. The Morgan fingerprint density at radius 1 is 1.13 bits per heavy atom. The van der Waals surface area contributed by atoms with Crippen LogP contribution in [-0.4, -0.2) is 18.2 Å². The molecule has 3 N–H and O–H groups in total. The number of halogens is 1. The van der Waals surface area contributed by atoms with Crippen LogP contribution in [0, 0.1) is 5.82 Å². The van der Waals surface area contributed by atoms with E-state index in [9.17, 15) is 9.18 Å². The van der Waals surface area contributed by atoms with Gasteiger partial charge in [-0.15, -0.1) is 0 Å². The topological polar surface area (TPSA) is 70.6 Å². The van der Waals surface area contributed by atoms with Gasteiger partial charge in [0.05, 0.1) is 13.7 Å². The van der Waals surface area contributed by atoms with Gasteiger partial charge in [-0.2, -0.15) is 0 Å². The zero-order chi connectivity index (χ0) is 16.7. The summed E-state index contributed by atoms with van der Waals surface area (Å²) in [4.78, 5) is 11.8. The number of hydrogen-bond acceptors (Lipinski definition) is 3. The van der Waals surface area contributed by atoms with Crippen molar-refractivity contribution >= 4 is 6.03 Å². The third kappa shape index (κ3) is 4.69. The highest BCUT2D eigenvalue weighted by atomic mass is 19.1. The van der Waals surface area contributed by atoms with E-state index in [1.54, 1.807) is 13.2 Å². The monoisotopic (exact) mass is 318 g/mol. The second-order valence-corrected chi connectivity index (χ2v) is 4.93. The third-order valence-electron chi connectivity index (χ3n) is 3.37. The van der Waals surface area contributed by atoms with E-state index in [-0.39, 0.29) is 24.7 Å². The summed E-state index contributed by atoms with van der Waals surface area (Å²) in [6, 6.07) is 11.5. The molecule has 0 aliphatic heterocycles. The van der Waals surface area contributed by atoms with Gasteiger partial charge in [-0.1, -0.05) is 30.3 Å². The van der Waals surface area contributed by atoms with Crippen LogP contribution in [0.5, 0.6) is 5.75 Å². The molecule has 23 heavy (non-hydrogen) atoms. The summed E-state index contributed by atoms with van der Waals surface area (Å²) in [5.74, 6) is 0.218. The molecule has 0 unspecified atom stereocenters. The van der Waals surface area contributed by atoms with Crippen LogP contribution in [0.4, 0.5) is 9.18 Å². The summed E-state index contributed by atoms with van der Waals surface area (Å²) in [5, 5.41) is 14.3. The number of amides is 2. The molecule has 0 fully saturated rings. The molecule has 5 nitrogen and oxygen atoms in total. The molecule has 6 heteroatoms. The molecule has 2 rings (SSSR count). The molecular formula is C17H19FN2O3. The Balaban J connectivity index is 1.84. The summed E-state index contributed by atoms with van der Waals surface area (Å²) in [6.45, 7) is 0.174. The fourth-order valence-corrected chi connectivity index (χ4v) is 2.10. The smallest absolute Gasteiger partial charge is 0.315 e. The maximum absolute atomic E-state index is 13.5. The van der Waals surface area contributed by atoms with Crippen LogP contribution in [0.2, 0.25) is 0 Å². The van der Waals surface area contributed by atoms with Gasteiger partial charge in [0.1, 0.15) is 11.6 Å². The van der Waals surface area contributed by atoms with E-state index in [0.29, 0.717) is 17.9 Å². The average molecular weight is 318 g/mol. The molecule has 0 bridgehead atoms. The van der Waals surface area contributed by atoms with E-state index in [4.69, 9.17) is 9.84 Å². The first-order chi connectivity index (χ1) is 11.1. The largest absolute Gasteiger partial charge is 0.496 e. The van der Waals surface area contributed by atoms with Gasteiger partial charge in [0.25, 0.3) is 0 Å². The third-order valence-corrected chi connectivity index (χ3v) is 3.37.